The van der Waals surface area contributed by atoms with Gasteiger partial charge in [-0.25, -0.2) is 4.98 Å². The first-order chi connectivity index (χ1) is 6.66. The molecule has 1 atom stereocenters. The molecule has 0 amide bonds. The molecule has 1 aliphatic carbocycles. The third-order valence-corrected chi connectivity index (χ3v) is 3.43. The molecular weight excluding hydrogens is 242 g/mol. The molecule has 1 fully saturated rings. The fourth-order valence-electron chi connectivity index (χ4n) is 1.44. The van der Waals surface area contributed by atoms with Gasteiger partial charge in [0, 0.05) is 10.5 Å². The van der Waals surface area contributed by atoms with Crippen LogP contribution in [-0.2, 0) is 0 Å². The summed E-state index contributed by atoms with van der Waals surface area (Å²) in [4.78, 5) is 4.35. The Morgan fingerprint density at radius 1 is 1.50 bits per heavy atom. The van der Waals surface area contributed by atoms with Gasteiger partial charge in [0.05, 0.1) is 5.69 Å². The van der Waals surface area contributed by atoms with E-state index >= 15 is 0 Å². The lowest BCUT2D eigenvalue weighted by Crippen LogP contribution is -2.14. The van der Waals surface area contributed by atoms with E-state index < -0.39 is 0 Å². The average molecular weight is 256 g/mol. The molecular formula is C11H14BrNO. The van der Waals surface area contributed by atoms with E-state index in [1.807, 2.05) is 19.1 Å². The molecule has 1 aliphatic rings. The largest absolute Gasteiger partial charge is 0.474 e. The number of rotatable bonds is 3. The van der Waals surface area contributed by atoms with Gasteiger partial charge in [0.2, 0.25) is 5.88 Å². The number of hydrogen-bond donors (Lipinski definition) is 0. The maximum atomic E-state index is 5.74. The van der Waals surface area contributed by atoms with Crippen LogP contribution in [0.5, 0.6) is 5.88 Å². The Bertz CT molecular complexity index is 336. The average Bonchev–Trinajstić information content (AvgIpc) is 2.94. The maximum Gasteiger partial charge on any atom is 0.213 e. The van der Waals surface area contributed by atoms with E-state index in [1.165, 1.54) is 12.8 Å². The van der Waals surface area contributed by atoms with Crippen molar-refractivity contribution < 1.29 is 4.74 Å². The Morgan fingerprint density at radius 3 is 2.79 bits per heavy atom. The van der Waals surface area contributed by atoms with Gasteiger partial charge in [0.1, 0.15) is 6.10 Å². The number of aryl methyl sites for hydroxylation is 1. The zero-order valence-corrected chi connectivity index (χ0v) is 10.0. The summed E-state index contributed by atoms with van der Waals surface area (Å²) in [5.74, 6) is 1.49. The quantitative estimate of drug-likeness (QED) is 0.827. The van der Waals surface area contributed by atoms with Crippen LogP contribution in [0.2, 0.25) is 0 Å². The Labute approximate surface area is 92.8 Å². The summed E-state index contributed by atoms with van der Waals surface area (Å²) in [6.07, 6.45) is 2.91. The van der Waals surface area contributed by atoms with Crippen LogP contribution in [0.15, 0.2) is 16.6 Å². The third-order valence-electron chi connectivity index (χ3n) is 2.59. The molecule has 3 heteroatoms. The van der Waals surface area contributed by atoms with E-state index in [9.17, 15) is 0 Å². The van der Waals surface area contributed by atoms with E-state index in [2.05, 4.69) is 27.8 Å². The predicted molar refractivity (Wildman–Crippen MR) is 59.5 cm³/mol. The topological polar surface area (TPSA) is 22.1 Å². The molecule has 2 nitrogen and oxygen atoms in total. The Hall–Kier alpha value is -0.570. The normalized spacial score (nSPS) is 17.9. The predicted octanol–water partition coefficient (Wildman–Crippen LogP) is 3.33. The van der Waals surface area contributed by atoms with Gasteiger partial charge in [-0.05, 0) is 54.6 Å². The van der Waals surface area contributed by atoms with Crippen LogP contribution in [-0.4, -0.2) is 11.1 Å². The summed E-state index contributed by atoms with van der Waals surface area (Å²) < 4.78 is 6.77. The van der Waals surface area contributed by atoms with E-state index in [-0.39, 0.29) is 0 Å². The number of aromatic nitrogens is 1. The fraction of sp³-hybridized carbons (Fsp3) is 0.545. The van der Waals surface area contributed by atoms with Crippen molar-refractivity contribution >= 4 is 15.9 Å². The lowest BCUT2D eigenvalue weighted by Gasteiger charge is -2.13. The molecule has 2 rings (SSSR count). The minimum Gasteiger partial charge on any atom is -0.474 e. The lowest BCUT2D eigenvalue weighted by atomic mass is 10.3. The minimum atomic E-state index is 0.308. The van der Waals surface area contributed by atoms with Gasteiger partial charge >= 0.3 is 0 Å². The Morgan fingerprint density at radius 2 is 2.21 bits per heavy atom. The Kier molecular flexibility index (Phi) is 2.77. The second-order valence-electron chi connectivity index (χ2n) is 3.88. The standard InChI is InChI=1S/C11H14BrNO/c1-7-10(12)5-6-11(13-7)14-8(2)9-3-4-9/h5-6,8-9H,3-4H2,1-2H3. The van der Waals surface area contributed by atoms with Crippen LogP contribution in [0.1, 0.15) is 25.5 Å². The van der Waals surface area contributed by atoms with Gasteiger partial charge < -0.3 is 4.74 Å². The van der Waals surface area contributed by atoms with E-state index in [0.717, 1.165) is 22.0 Å². The minimum absolute atomic E-state index is 0.308. The van der Waals surface area contributed by atoms with Crippen LogP contribution < -0.4 is 4.74 Å². The molecule has 1 aromatic rings. The van der Waals surface area contributed by atoms with Crippen LogP contribution >= 0.6 is 15.9 Å². The van der Waals surface area contributed by atoms with Gasteiger partial charge in [-0.1, -0.05) is 0 Å². The smallest absolute Gasteiger partial charge is 0.213 e. The summed E-state index contributed by atoms with van der Waals surface area (Å²) in [6.45, 7) is 4.09. The molecule has 1 heterocycles. The van der Waals surface area contributed by atoms with Crippen molar-refractivity contribution in [1.82, 2.24) is 4.98 Å². The summed E-state index contributed by atoms with van der Waals surface area (Å²) in [7, 11) is 0. The maximum absolute atomic E-state index is 5.74. The Balaban J connectivity index is 2.04. The second kappa shape index (κ2) is 3.89. The van der Waals surface area contributed by atoms with Crippen molar-refractivity contribution in [1.29, 1.82) is 0 Å². The molecule has 0 saturated heterocycles. The van der Waals surface area contributed by atoms with Crippen molar-refractivity contribution in [3.8, 4) is 5.88 Å². The molecule has 0 aliphatic heterocycles. The zero-order chi connectivity index (χ0) is 10.1. The van der Waals surface area contributed by atoms with Gasteiger partial charge in [0.15, 0.2) is 0 Å². The summed E-state index contributed by atoms with van der Waals surface area (Å²) in [5.41, 5.74) is 0.977. The molecule has 0 radical (unpaired) electrons. The highest BCUT2D eigenvalue weighted by molar-refractivity contribution is 9.10. The first kappa shape index (κ1) is 9.97. The van der Waals surface area contributed by atoms with E-state index in [4.69, 9.17) is 4.74 Å². The molecule has 1 aromatic heterocycles. The number of halogens is 1. The molecule has 0 aromatic carbocycles. The van der Waals surface area contributed by atoms with Crippen molar-refractivity contribution in [3.63, 3.8) is 0 Å². The van der Waals surface area contributed by atoms with Crippen molar-refractivity contribution in [2.75, 3.05) is 0 Å². The second-order valence-corrected chi connectivity index (χ2v) is 4.73. The van der Waals surface area contributed by atoms with Crippen molar-refractivity contribution in [3.05, 3.63) is 22.3 Å². The molecule has 0 N–H and O–H groups in total. The van der Waals surface area contributed by atoms with Crippen LogP contribution in [0, 0.1) is 12.8 Å². The van der Waals surface area contributed by atoms with Crippen LogP contribution in [0.4, 0.5) is 0 Å². The van der Waals surface area contributed by atoms with Gasteiger partial charge in [-0.3, -0.25) is 0 Å². The monoisotopic (exact) mass is 255 g/mol. The number of pyridine rings is 1. The molecule has 0 spiro atoms. The number of nitrogens with zero attached hydrogens (tertiary/aromatic N) is 1. The van der Waals surface area contributed by atoms with Crippen molar-refractivity contribution in [2.45, 2.75) is 32.8 Å². The molecule has 0 bridgehead atoms. The molecule has 14 heavy (non-hydrogen) atoms. The van der Waals surface area contributed by atoms with Crippen molar-refractivity contribution in [2.24, 2.45) is 5.92 Å². The van der Waals surface area contributed by atoms with E-state index in [1.54, 1.807) is 0 Å². The number of hydrogen-bond acceptors (Lipinski definition) is 2. The first-order valence-electron chi connectivity index (χ1n) is 4.96. The zero-order valence-electron chi connectivity index (χ0n) is 8.46. The molecule has 1 saturated carbocycles. The summed E-state index contributed by atoms with van der Waals surface area (Å²) in [6, 6.07) is 3.90. The lowest BCUT2D eigenvalue weighted by molar-refractivity contribution is 0.189. The van der Waals surface area contributed by atoms with Crippen LogP contribution in [0.25, 0.3) is 0 Å². The highest BCUT2D eigenvalue weighted by Gasteiger charge is 2.29. The molecule has 76 valence electrons. The third kappa shape index (κ3) is 2.27. The van der Waals surface area contributed by atoms with E-state index in [0.29, 0.717) is 6.10 Å². The van der Waals surface area contributed by atoms with Gasteiger partial charge in [-0.2, -0.15) is 0 Å². The van der Waals surface area contributed by atoms with Gasteiger partial charge in [0.25, 0.3) is 0 Å². The summed E-state index contributed by atoms with van der Waals surface area (Å²) in [5, 5.41) is 0. The van der Waals surface area contributed by atoms with Gasteiger partial charge in [-0.15, -0.1) is 0 Å². The van der Waals surface area contributed by atoms with Crippen LogP contribution in [0.3, 0.4) is 0 Å². The SMILES string of the molecule is Cc1nc(OC(C)C2CC2)ccc1Br. The summed E-state index contributed by atoms with van der Waals surface area (Å²) >= 11 is 3.42. The highest BCUT2D eigenvalue weighted by Crippen LogP contribution is 2.34. The molecule has 1 unspecified atom stereocenters. The fourth-order valence-corrected chi connectivity index (χ4v) is 1.66. The highest BCUT2D eigenvalue weighted by atomic mass is 79.9. The first-order valence-corrected chi connectivity index (χ1v) is 5.76. The number of ether oxygens (including phenoxy) is 1.